The van der Waals surface area contributed by atoms with Crippen molar-refractivity contribution in [2.24, 2.45) is 0 Å². The first kappa shape index (κ1) is 20.9. The lowest BCUT2D eigenvalue weighted by molar-refractivity contribution is 0.0600. The van der Waals surface area contributed by atoms with Gasteiger partial charge in [-0.25, -0.2) is 27.4 Å². The van der Waals surface area contributed by atoms with E-state index >= 15 is 0 Å². The van der Waals surface area contributed by atoms with Crippen molar-refractivity contribution in [3.8, 4) is 11.4 Å². The summed E-state index contributed by atoms with van der Waals surface area (Å²) in [6.07, 6.45) is 5.11. The van der Waals surface area contributed by atoms with Gasteiger partial charge in [0.1, 0.15) is 0 Å². The SMILES string of the molecule is COC(=O)c1ccc(S(=O)(=O)NCCn2nc(-c3cccnc3)n(C3CC3)c2=O)cc1. The molecule has 4 rings (SSSR count). The normalized spacial score (nSPS) is 13.8. The van der Waals surface area contributed by atoms with Gasteiger partial charge >= 0.3 is 11.7 Å². The fourth-order valence-electron chi connectivity index (χ4n) is 3.18. The molecule has 3 aromatic rings. The van der Waals surface area contributed by atoms with Crippen LogP contribution in [0.15, 0.2) is 58.5 Å². The Labute approximate surface area is 178 Å². The average Bonchev–Trinajstić information content (AvgIpc) is 3.57. The smallest absolute Gasteiger partial charge is 0.346 e. The van der Waals surface area contributed by atoms with Crippen LogP contribution in [0.3, 0.4) is 0 Å². The Balaban J connectivity index is 1.48. The van der Waals surface area contributed by atoms with Gasteiger partial charge in [-0.15, -0.1) is 5.10 Å². The van der Waals surface area contributed by atoms with Gasteiger partial charge in [0, 0.05) is 30.5 Å². The molecular weight excluding hydrogens is 422 g/mol. The topological polar surface area (TPSA) is 125 Å². The molecule has 0 radical (unpaired) electrons. The number of nitrogens with zero attached hydrogens (tertiary/aromatic N) is 4. The highest BCUT2D eigenvalue weighted by atomic mass is 32.2. The number of rotatable bonds is 8. The van der Waals surface area contributed by atoms with Gasteiger partial charge in [-0.2, -0.15) is 0 Å². The lowest BCUT2D eigenvalue weighted by Gasteiger charge is -2.07. The lowest BCUT2D eigenvalue weighted by Crippen LogP contribution is -2.32. The number of nitrogens with one attached hydrogen (secondary N) is 1. The quantitative estimate of drug-likeness (QED) is 0.519. The van der Waals surface area contributed by atoms with Crippen LogP contribution < -0.4 is 10.4 Å². The number of carbonyl (C=O) groups excluding carboxylic acids is 1. The van der Waals surface area contributed by atoms with Gasteiger partial charge in [0.05, 0.1) is 24.1 Å². The minimum atomic E-state index is -3.81. The van der Waals surface area contributed by atoms with E-state index in [2.05, 4.69) is 19.5 Å². The van der Waals surface area contributed by atoms with Crippen LogP contribution in [0.4, 0.5) is 0 Å². The Morgan fingerprint density at radius 3 is 2.58 bits per heavy atom. The van der Waals surface area contributed by atoms with Gasteiger partial charge in [-0.3, -0.25) is 9.55 Å². The fourth-order valence-corrected chi connectivity index (χ4v) is 4.20. The molecule has 1 aliphatic rings. The second kappa shape index (κ2) is 8.44. The van der Waals surface area contributed by atoms with Crippen LogP contribution in [0.25, 0.3) is 11.4 Å². The molecule has 1 fully saturated rings. The number of sulfonamides is 1. The van der Waals surface area contributed by atoms with Crippen LogP contribution in [0.1, 0.15) is 29.2 Å². The maximum Gasteiger partial charge on any atom is 0.346 e. The maximum atomic E-state index is 12.8. The van der Waals surface area contributed by atoms with E-state index in [1.165, 1.54) is 36.1 Å². The van der Waals surface area contributed by atoms with Gasteiger partial charge in [0.2, 0.25) is 10.0 Å². The number of benzene rings is 1. The molecule has 0 unspecified atom stereocenters. The largest absolute Gasteiger partial charge is 0.465 e. The molecule has 2 heterocycles. The van der Waals surface area contributed by atoms with E-state index in [9.17, 15) is 18.0 Å². The van der Waals surface area contributed by atoms with Gasteiger partial charge in [-0.1, -0.05) is 0 Å². The third-order valence-electron chi connectivity index (χ3n) is 4.90. The van der Waals surface area contributed by atoms with E-state index in [0.29, 0.717) is 5.82 Å². The molecule has 10 nitrogen and oxygen atoms in total. The molecule has 11 heteroatoms. The summed E-state index contributed by atoms with van der Waals surface area (Å²) >= 11 is 0. The van der Waals surface area contributed by atoms with E-state index in [1.54, 1.807) is 23.0 Å². The van der Waals surface area contributed by atoms with Crippen LogP contribution in [0.5, 0.6) is 0 Å². The summed E-state index contributed by atoms with van der Waals surface area (Å²) in [7, 11) is -2.56. The van der Waals surface area contributed by atoms with Crippen LogP contribution >= 0.6 is 0 Å². The number of ether oxygens (including phenoxy) is 1. The standard InChI is InChI=1S/C20H21N5O5S/c1-30-19(26)14-4-8-17(9-5-14)31(28,29)22-11-12-24-20(27)25(16-6-7-16)18(23-24)15-3-2-10-21-13-15/h2-5,8-10,13,16,22H,6-7,11-12H2,1H3. The van der Waals surface area contributed by atoms with Gasteiger partial charge < -0.3 is 4.74 Å². The minimum absolute atomic E-state index is 0.00654. The molecule has 0 bridgehead atoms. The number of carbonyl (C=O) groups is 1. The zero-order chi connectivity index (χ0) is 22.0. The highest BCUT2D eigenvalue weighted by molar-refractivity contribution is 7.89. The summed E-state index contributed by atoms with van der Waals surface area (Å²) in [6, 6.07) is 9.12. The molecule has 1 aromatic carbocycles. The summed E-state index contributed by atoms with van der Waals surface area (Å²) in [4.78, 5) is 28.4. The Hall–Kier alpha value is -3.31. The molecule has 0 amide bonds. The average molecular weight is 443 g/mol. The van der Waals surface area contributed by atoms with Crippen molar-refractivity contribution in [3.05, 3.63) is 64.8 Å². The highest BCUT2D eigenvalue weighted by Crippen LogP contribution is 2.36. The Bertz CT molecular complexity index is 1250. The van der Waals surface area contributed by atoms with Crippen molar-refractivity contribution in [1.82, 2.24) is 24.1 Å². The Morgan fingerprint density at radius 2 is 1.97 bits per heavy atom. The summed E-state index contributed by atoms with van der Waals surface area (Å²) in [5, 5.41) is 4.41. The van der Waals surface area contributed by atoms with Crippen molar-refractivity contribution in [1.29, 1.82) is 0 Å². The molecule has 0 aliphatic heterocycles. The molecule has 162 valence electrons. The third kappa shape index (κ3) is 4.42. The van der Waals surface area contributed by atoms with Crippen molar-refractivity contribution >= 4 is 16.0 Å². The van der Waals surface area contributed by atoms with Crippen molar-refractivity contribution in [2.75, 3.05) is 13.7 Å². The molecule has 1 saturated carbocycles. The first-order chi connectivity index (χ1) is 14.9. The molecule has 1 aliphatic carbocycles. The number of esters is 1. The lowest BCUT2D eigenvalue weighted by atomic mass is 10.2. The second-order valence-corrected chi connectivity index (χ2v) is 8.85. The maximum absolute atomic E-state index is 12.8. The summed E-state index contributed by atoms with van der Waals surface area (Å²) in [5.74, 6) is -0.0196. The number of methoxy groups -OCH3 is 1. The number of aromatic nitrogens is 4. The minimum Gasteiger partial charge on any atom is -0.465 e. The number of hydrogen-bond acceptors (Lipinski definition) is 7. The van der Waals surface area contributed by atoms with Crippen LogP contribution in [-0.2, 0) is 21.3 Å². The van der Waals surface area contributed by atoms with Crippen LogP contribution in [0.2, 0.25) is 0 Å². The zero-order valence-electron chi connectivity index (χ0n) is 16.8. The number of pyridine rings is 1. The second-order valence-electron chi connectivity index (χ2n) is 7.09. The van der Waals surface area contributed by atoms with Crippen molar-refractivity contribution < 1.29 is 17.9 Å². The summed E-state index contributed by atoms with van der Waals surface area (Å²) < 4.78 is 35.0. The molecular formula is C20H21N5O5S. The predicted molar refractivity (Wildman–Crippen MR) is 111 cm³/mol. The number of hydrogen-bond donors (Lipinski definition) is 1. The zero-order valence-corrected chi connectivity index (χ0v) is 17.6. The molecule has 31 heavy (non-hydrogen) atoms. The van der Waals surface area contributed by atoms with Crippen LogP contribution in [-0.4, -0.2) is 47.4 Å². The van der Waals surface area contributed by atoms with Crippen molar-refractivity contribution in [3.63, 3.8) is 0 Å². The van der Waals surface area contributed by atoms with Gasteiger partial charge in [0.15, 0.2) is 5.82 Å². The van der Waals surface area contributed by atoms with E-state index in [0.717, 1.165) is 18.4 Å². The molecule has 2 aromatic heterocycles. The fraction of sp³-hybridized carbons (Fsp3) is 0.300. The molecule has 0 spiro atoms. The highest BCUT2D eigenvalue weighted by Gasteiger charge is 2.30. The molecule has 1 N–H and O–H groups in total. The first-order valence-electron chi connectivity index (χ1n) is 9.68. The van der Waals surface area contributed by atoms with Crippen LogP contribution in [0, 0.1) is 0 Å². The Morgan fingerprint density at radius 1 is 1.23 bits per heavy atom. The van der Waals surface area contributed by atoms with Crippen molar-refractivity contribution in [2.45, 2.75) is 30.3 Å². The van der Waals surface area contributed by atoms with E-state index in [-0.39, 0.29) is 35.3 Å². The first-order valence-corrected chi connectivity index (χ1v) is 11.2. The Kier molecular flexibility index (Phi) is 5.70. The molecule has 0 saturated heterocycles. The summed E-state index contributed by atoms with van der Waals surface area (Å²) in [5.41, 5.74) is 0.709. The monoisotopic (exact) mass is 443 g/mol. The molecule has 0 atom stereocenters. The van der Waals surface area contributed by atoms with Gasteiger partial charge in [-0.05, 0) is 49.2 Å². The van der Waals surface area contributed by atoms with Gasteiger partial charge in [0.25, 0.3) is 0 Å². The van der Waals surface area contributed by atoms with E-state index in [1.807, 2.05) is 6.07 Å². The predicted octanol–water partition coefficient (Wildman–Crippen LogP) is 1.21. The third-order valence-corrected chi connectivity index (χ3v) is 6.38. The van der Waals surface area contributed by atoms with E-state index < -0.39 is 16.0 Å². The van der Waals surface area contributed by atoms with E-state index in [4.69, 9.17) is 0 Å². The summed E-state index contributed by atoms with van der Waals surface area (Å²) in [6.45, 7) is 0.0560.